The van der Waals surface area contributed by atoms with Crippen LogP contribution in [0.2, 0.25) is 0 Å². The number of thioether (sulfide) groups is 1. The third kappa shape index (κ3) is 2.59. The Hall–Kier alpha value is -1.60. The molecule has 0 spiro atoms. The molecule has 5 nitrogen and oxygen atoms in total. The Morgan fingerprint density at radius 2 is 2.23 bits per heavy atom. The minimum atomic E-state index is -0.875. The average molecular weight is 334 g/mol. The number of hydrogen-bond acceptors (Lipinski definition) is 6. The molecule has 2 heterocycles. The first-order valence-corrected chi connectivity index (χ1v) is 9.00. The van der Waals surface area contributed by atoms with Crippen molar-refractivity contribution in [1.82, 2.24) is 4.98 Å². The van der Waals surface area contributed by atoms with E-state index < -0.39 is 12.0 Å². The second-order valence-corrected chi connectivity index (χ2v) is 7.46. The van der Waals surface area contributed by atoms with E-state index in [1.54, 1.807) is 0 Å². The summed E-state index contributed by atoms with van der Waals surface area (Å²) < 4.78 is 6.96. The van der Waals surface area contributed by atoms with Gasteiger partial charge >= 0.3 is 5.97 Å². The lowest BCUT2D eigenvalue weighted by atomic mass is 9.96. The van der Waals surface area contributed by atoms with E-state index in [0.717, 1.165) is 38.9 Å². The number of rotatable bonds is 4. The van der Waals surface area contributed by atoms with E-state index in [1.807, 2.05) is 18.2 Å². The topological polar surface area (TPSA) is 71.8 Å². The molecular formula is C15H14N2O3S2. The summed E-state index contributed by atoms with van der Waals surface area (Å²) in [5.41, 5.74) is 0.906. The molecule has 1 aromatic carbocycles. The first-order valence-electron chi connectivity index (χ1n) is 7.20. The predicted molar refractivity (Wildman–Crippen MR) is 88.3 cm³/mol. The Bertz CT molecular complexity index is 767. The van der Waals surface area contributed by atoms with Crippen LogP contribution in [0.15, 0.2) is 23.2 Å². The van der Waals surface area contributed by atoms with E-state index in [4.69, 9.17) is 9.84 Å². The Morgan fingerprint density at radius 3 is 2.91 bits per heavy atom. The van der Waals surface area contributed by atoms with Crippen molar-refractivity contribution in [2.75, 3.05) is 5.75 Å². The van der Waals surface area contributed by atoms with Gasteiger partial charge in [-0.25, -0.2) is 9.78 Å². The lowest BCUT2D eigenvalue weighted by molar-refractivity contribution is -0.137. The highest BCUT2D eigenvalue weighted by molar-refractivity contribution is 8.15. The minimum absolute atomic E-state index is 0.357. The molecular weight excluding hydrogens is 320 g/mol. The van der Waals surface area contributed by atoms with E-state index in [0.29, 0.717) is 11.9 Å². The van der Waals surface area contributed by atoms with Gasteiger partial charge < -0.3 is 9.84 Å². The van der Waals surface area contributed by atoms with Gasteiger partial charge in [-0.05, 0) is 37.5 Å². The van der Waals surface area contributed by atoms with Gasteiger partial charge in [-0.1, -0.05) is 0 Å². The monoisotopic (exact) mass is 334 g/mol. The summed E-state index contributed by atoms with van der Waals surface area (Å²) >= 11 is 3.00. The number of ether oxygens (including phenoxy) is 1. The lowest BCUT2D eigenvalue weighted by Crippen LogP contribution is -2.24. The van der Waals surface area contributed by atoms with Crippen molar-refractivity contribution in [1.29, 1.82) is 0 Å². The van der Waals surface area contributed by atoms with Crippen molar-refractivity contribution in [3.8, 4) is 5.75 Å². The van der Waals surface area contributed by atoms with Crippen LogP contribution in [0.5, 0.6) is 5.75 Å². The van der Waals surface area contributed by atoms with Gasteiger partial charge in [-0.3, -0.25) is 4.99 Å². The van der Waals surface area contributed by atoms with Gasteiger partial charge in [0.25, 0.3) is 0 Å². The van der Waals surface area contributed by atoms with Gasteiger partial charge in [0.2, 0.25) is 0 Å². The molecule has 1 fully saturated rings. The predicted octanol–water partition coefficient (Wildman–Crippen LogP) is 3.17. The fourth-order valence-corrected chi connectivity index (χ4v) is 4.46. The van der Waals surface area contributed by atoms with E-state index in [2.05, 4.69) is 9.98 Å². The summed E-state index contributed by atoms with van der Waals surface area (Å²) in [6.07, 6.45) is 3.88. The van der Waals surface area contributed by atoms with Crippen LogP contribution >= 0.6 is 23.1 Å². The second-order valence-electron chi connectivity index (χ2n) is 5.42. The maximum Gasteiger partial charge on any atom is 0.329 e. The molecule has 0 bridgehead atoms. The van der Waals surface area contributed by atoms with Crippen LogP contribution in [0.1, 0.15) is 24.3 Å². The maximum absolute atomic E-state index is 11.0. The number of nitrogens with zero attached hydrogens (tertiary/aromatic N) is 2. The Balaban J connectivity index is 1.60. The number of benzene rings is 1. The summed E-state index contributed by atoms with van der Waals surface area (Å²) in [4.78, 5) is 19.8. The molecule has 2 aliphatic rings. The molecule has 22 heavy (non-hydrogen) atoms. The smallest absolute Gasteiger partial charge is 0.329 e. The van der Waals surface area contributed by atoms with Crippen LogP contribution in [-0.4, -0.2) is 39.0 Å². The fraction of sp³-hybridized carbons (Fsp3) is 0.400. The zero-order valence-electron chi connectivity index (χ0n) is 11.7. The van der Waals surface area contributed by atoms with Gasteiger partial charge in [0.05, 0.1) is 16.3 Å². The normalized spacial score (nSPS) is 21.6. The number of hydrogen-bond donors (Lipinski definition) is 1. The maximum atomic E-state index is 11.0. The molecule has 0 amide bonds. The summed E-state index contributed by atoms with van der Waals surface area (Å²) in [6, 6.07) is 5.28. The number of carbonyl (C=O) groups is 1. The average Bonchev–Trinajstić information content (AvgIpc) is 3.08. The van der Waals surface area contributed by atoms with Crippen molar-refractivity contribution in [3.05, 3.63) is 23.2 Å². The zero-order valence-corrected chi connectivity index (χ0v) is 13.3. The third-order valence-corrected chi connectivity index (χ3v) is 6.04. The van der Waals surface area contributed by atoms with Crippen LogP contribution in [0.4, 0.5) is 0 Å². The molecule has 1 N–H and O–H groups in total. The van der Waals surface area contributed by atoms with Crippen molar-refractivity contribution >= 4 is 44.3 Å². The number of aliphatic carboxylic acids is 1. The molecule has 1 aliphatic carbocycles. The number of carboxylic acid groups (broad SMARTS) is 1. The minimum Gasteiger partial charge on any atom is -0.490 e. The molecule has 1 saturated carbocycles. The van der Waals surface area contributed by atoms with E-state index in [1.165, 1.54) is 29.5 Å². The van der Waals surface area contributed by atoms with Crippen LogP contribution in [0.3, 0.4) is 0 Å². The molecule has 7 heteroatoms. The van der Waals surface area contributed by atoms with Crippen LogP contribution in [-0.2, 0) is 4.79 Å². The Labute approximate surface area is 135 Å². The van der Waals surface area contributed by atoms with Crippen molar-refractivity contribution < 1.29 is 14.6 Å². The standard InChI is InChI=1S/C15H14N2O3S2/c18-15(19)11-7-21-13(17-11)14-16-10-5-4-9(6-12(10)22-14)20-8-2-1-3-8/h4-6,8,11H,1-3,7H2,(H,18,19). The van der Waals surface area contributed by atoms with Crippen molar-refractivity contribution in [2.45, 2.75) is 31.4 Å². The van der Waals surface area contributed by atoms with Crippen molar-refractivity contribution in [3.63, 3.8) is 0 Å². The molecule has 1 atom stereocenters. The third-order valence-electron chi connectivity index (χ3n) is 3.83. The molecule has 1 unspecified atom stereocenters. The van der Waals surface area contributed by atoms with Crippen LogP contribution in [0.25, 0.3) is 10.2 Å². The van der Waals surface area contributed by atoms with Crippen LogP contribution in [0, 0.1) is 0 Å². The molecule has 1 aliphatic heterocycles. The largest absolute Gasteiger partial charge is 0.490 e. The molecule has 114 valence electrons. The zero-order chi connectivity index (χ0) is 15.1. The molecule has 0 saturated heterocycles. The summed E-state index contributed by atoms with van der Waals surface area (Å²) in [5, 5.41) is 10.5. The van der Waals surface area contributed by atoms with Gasteiger partial charge in [-0.2, -0.15) is 0 Å². The van der Waals surface area contributed by atoms with E-state index >= 15 is 0 Å². The van der Waals surface area contributed by atoms with E-state index in [9.17, 15) is 4.79 Å². The Morgan fingerprint density at radius 1 is 1.36 bits per heavy atom. The van der Waals surface area contributed by atoms with Gasteiger partial charge in [0.1, 0.15) is 15.8 Å². The number of carboxylic acids is 1. The van der Waals surface area contributed by atoms with Crippen molar-refractivity contribution in [2.24, 2.45) is 4.99 Å². The number of aliphatic imine (C=N–C) groups is 1. The first kappa shape index (κ1) is 14.0. The van der Waals surface area contributed by atoms with Gasteiger partial charge in [-0.15, -0.1) is 23.1 Å². The number of fused-ring (bicyclic) bond motifs is 1. The number of aromatic nitrogens is 1. The second kappa shape index (κ2) is 5.55. The van der Waals surface area contributed by atoms with Crippen LogP contribution < -0.4 is 4.74 Å². The number of thiazole rings is 1. The molecule has 1 aromatic heterocycles. The Kier molecular flexibility index (Phi) is 3.54. The SMILES string of the molecule is O=C(O)C1CSC(c2nc3ccc(OC4CCC4)cc3s2)=N1. The summed E-state index contributed by atoms with van der Waals surface area (Å²) in [6.45, 7) is 0. The highest BCUT2D eigenvalue weighted by Gasteiger charge is 2.27. The highest BCUT2D eigenvalue weighted by Crippen LogP contribution is 2.33. The fourth-order valence-electron chi connectivity index (χ4n) is 2.37. The molecule has 4 rings (SSSR count). The lowest BCUT2D eigenvalue weighted by Gasteiger charge is -2.26. The quantitative estimate of drug-likeness (QED) is 0.930. The van der Waals surface area contributed by atoms with Gasteiger partial charge in [0, 0.05) is 5.75 Å². The molecule has 0 radical (unpaired) electrons. The highest BCUT2D eigenvalue weighted by atomic mass is 32.2. The van der Waals surface area contributed by atoms with E-state index in [-0.39, 0.29) is 0 Å². The first-order chi connectivity index (χ1) is 10.7. The van der Waals surface area contributed by atoms with Gasteiger partial charge in [0.15, 0.2) is 6.04 Å². The summed E-state index contributed by atoms with van der Waals surface area (Å²) in [5.74, 6) is 0.494. The molecule has 2 aromatic rings. The summed E-state index contributed by atoms with van der Waals surface area (Å²) in [7, 11) is 0.